The number of anilines is 1. The number of nitrogens with one attached hydrogen (secondary N) is 2. The molecule has 0 spiro atoms. The largest absolute Gasteiger partial charge is 0.325 e. The van der Waals surface area contributed by atoms with Crippen molar-refractivity contribution in [3.05, 3.63) is 88.4 Å². The Balaban J connectivity index is 1.89. The van der Waals surface area contributed by atoms with Crippen molar-refractivity contribution < 1.29 is 21.6 Å². The van der Waals surface area contributed by atoms with E-state index in [4.69, 9.17) is 28.3 Å². The topological polar surface area (TPSA) is 135 Å². The molecule has 1 amide bonds. The SMILES string of the molecule is NS(=O)(=O)c1ccc(NC(=O)[C@H](Cc2ccccc2)NS(=O)(=O)c2cc(Cl)ccc2Cl)cc1. The number of halogens is 2. The van der Waals surface area contributed by atoms with E-state index in [0.717, 1.165) is 0 Å². The van der Waals surface area contributed by atoms with Gasteiger partial charge in [-0.3, -0.25) is 4.79 Å². The molecule has 0 radical (unpaired) electrons. The number of hydrogen-bond acceptors (Lipinski definition) is 5. The van der Waals surface area contributed by atoms with Gasteiger partial charge in [-0.25, -0.2) is 22.0 Å². The quantitative estimate of drug-likeness (QED) is 0.413. The fourth-order valence-corrected chi connectivity index (χ4v) is 5.40. The number of nitrogens with two attached hydrogens (primary N) is 1. The Morgan fingerprint density at radius 3 is 2.15 bits per heavy atom. The number of primary sulfonamides is 1. The van der Waals surface area contributed by atoms with Gasteiger partial charge in [0, 0.05) is 10.7 Å². The molecule has 33 heavy (non-hydrogen) atoms. The van der Waals surface area contributed by atoms with Crippen LogP contribution < -0.4 is 15.2 Å². The van der Waals surface area contributed by atoms with Gasteiger partial charge in [-0.2, -0.15) is 4.72 Å². The molecule has 3 aromatic carbocycles. The predicted octanol–water partition coefficient (Wildman–Crippen LogP) is 3.17. The van der Waals surface area contributed by atoms with Crippen molar-refractivity contribution in [2.75, 3.05) is 5.32 Å². The highest BCUT2D eigenvalue weighted by molar-refractivity contribution is 7.89. The summed E-state index contributed by atoms with van der Waals surface area (Å²) < 4.78 is 51.2. The maximum absolute atomic E-state index is 13.0. The number of carbonyl (C=O) groups is 1. The van der Waals surface area contributed by atoms with E-state index in [-0.39, 0.29) is 31.9 Å². The first kappa shape index (κ1) is 25.2. The summed E-state index contributed by atoms with van der Waals surface area (Å²) in [6.45, 7) is 0. The van der Waals surface area contributed by atoms with Gasteiger partial charge in [0.2, 0.25) is 26.0 Å². The lowest BCUT2D eigenvalue weighted by Gasteiger charge is -2.19. The Labute approximate surface area is 201 Å². The Kier molecular flexibility index (Phi) is 7.78. The zero-order valence-corrected chi connectivity index (χ0v) is 20.0. The number of hydrogen-bond donors (Lipinski definition) is 3. The van der Waals surface area contributed by atoms with Crippen LogP contribution in [0.3, 0.4) is 0 Å². The number of sulfonamides is 2. The summed E-state index contributed by atoms with van der Waals surface area (Å²) in [5.74, 6) is -0.663. The van der Waals surface area contributed by atoms with E-state index in [0.29, 0.717) is 5.56 Å². The number of carbonyl (C=O) groups excluding carboxylic acids is 1. The Morgan fingerprint density at radius 1 is 0.909 bits per heavy atom. The van der Waals surface area contributed by atoms with E-state index in [9.17, 15) is 21.6 Å². The Hall–Kier alpha value is -2.47. The molecule has 0 bridgehead atoms. The summed E-state index contributed by atoms with van der Waals surface area (Å²) in [5.41, 5.74) is 0.965. The van der Waals surface area contributed by atoms with Gasteiger partial charge < -0.3 is 5.32 Å². The second-order valence-electron chi connectivity index (χ2n) is 7.00. The molecule has 1 atom stereocenters. The van der Waals surface area contributed by atoms with E-state index in [1.807, 2.05) is 0 Å². The van der Waals surface area contributed by atoms with Gasteiger partial charge in [-0.1, -0.05) is 53.5 Å². The summed E-state index contributed by atoms with van der Waals surface area (Å²) >= 11 is 12.0. The predicted molar refractivity (Wildman–Crippen MR) is 127 cm³/mol. The molecule has 0 heterocycles. The zero-order chi connectivity index (χ0) is 24.2. The lowest BCUT2D eigenvalue weighted by atomic mass is 10.1. The third-order valence-electron chi connectivity index (χ3n) is 4.53. The van der Waals surface area contributed by atoms with Gasteiger partial charge in [0.05, 0.1) is 9.92 Å². The molecule has 4 N–H and O–H groups in total. The smallest absolute Gasteiger partial charge is 0.242 e. The molecule has 174 valence electrons. The van der Waals surface area contributed by atoms with Crippen LogP contribution in [0.4, 0.5) is 5.69 Å². The molecule has 0 saturated carbocycles. The van der Waals surface area contributed by atoms with Gasteiger partial charge in [0.15, 0.2) is 0 Å². The third-order valence-corrected chi connectivity index (χ3v) is 7.65. The van der Waals surface area contributed by atoms with Gasteiger partial charge in [0.1, 0.15) is 10.9 Å². The van der Waals surface area contributed by atoms with Crippen LogP contribution in [-0.4, -0.2) is 28.8 Å². The minimum absolute atomic E-state index is 0.0410. The van der Waals surface area contributed by atoms with Crippen LogP contribution in [0, 0.1) is 0 Å². The molecule has 8 nitrogen and oxygen atoms in total. The van der Waals surface area contributed by atoms with E-state index in [1.165, 1.54) is 42.5 Å². The summed E-state index contributed by atoms with van der Waals surface area (Å²) in [7, 11) is -8.11. The molecule has 0 saturated heterocycles. The van der Waals surface area contributed by atoms with E-state index in [2.05, 4.69) is 10.0 Å². The fraction of sp³-hybridized carbons (Fsp3) is 0.0952. The van der Waals surface area contributed by atoms with E-state index < -0.39 is 32.0 Å². The molecular weight excluding hydrogens is 509 g/mol. The fourth-order valence-electron chi connectivity index (χ4n) is 2.93. The van der Waals surface area contributed by atoms with Crippen molar-refractivity contribution in [3.63, 3.8) is 0 Å². The molecule has 0 aliphatic rings. The van der Waals surface area contributed by atoms with Crippen LogP contribution in [-0.2, 0) is 31.3 Å². The summed E-state index contributed by atoms with van der Waals surface area (Å²) in [5, 5.41) is 7.77. The maximum atomic E-state index is 13.0. The van der Waals surface area contributed by atoms with Crippen LogP contribution in [0.5, 0.6) is 0 Å². The van der Waals surface area contributed by atoms with Crippen LogP contribution in [0.2, 0.25) is 10.0 Å². The molecule has 12 heteroatoms. The highest BCUT2D eigenvalue weighted by Gasteiger charge is 2.28. The highest BCUT2D eigenvalue weighted by atomic mass is 35.5. The van der Waals surface area contributed by atoms with Gasteiger partial charge in [-0.15, -0.1) is 0 Å². The lowest BCUT2D eigenvalue weighted by molar-refractivity contribution is -0.117. The lowest BCUT2D eigenvalue weighted by Crippen LogP contribution is -2.45. The summed E-state index contributed by atoms with van der Waals surface area (Å²) in [6, 6.07) is 16.7. The molecule has 3 aromatic rings. The van der Waals surface area contributed by atoms with Gasteiger partial charge >= 0.3 is 0 Å². The molecule has 0 unspecified atom stereocenters. The number of amides is 1. The van der Waals surface area contributed by atoms with E-state index >= 15 is 0 Å². The van der Waals surface area contributed by atoms with Crippen molar-refractivity contribution in [3.8, 4) is 0 Å². The molecule has 0 fully saturated rings. The van der Waals surface area contributed by atoms with Crippen molar-refractivity contribution in [2.24, 2.45) is 5.14 Å². The first-order chi connectivity index (χ1) is 15.5. The first-order valence-electron chi connectivity index (χ1n) is 9.41. The van der Waals surface area contributed by atoms with Crippen LogP contribution in [0.15, 0.2) is 82.6 Å². The van der Waals surface area contributed by atoms with Crippen LogP contribution >= 0.6 is 23.2 Å². The van der Waals surface area contributed by atoms with Gasteiger partial charge in [-0.05, 0) is 54.4 Å². The Morgan fingerprint density at radius 2 is 1.55 bits per heavy atom. The third kappa shape index (κ3) is 6.76. The second-order valence-corrected chi connectivity index (χ2v) is 11.1. The average Bonchev–Trinajstić information content (AvgIpc) is 2.75. The second kappa shape index (κ2) is 10.2. The molecule has 3 rings (SSSR count). The van der Waals surface area contributed by atoms with Crippen LogP contribution in [0.1, 0.15) is 5.56 Å². The molecule has 0 aliphatic heterocycles. The van der Waals surface area contributed by atoms with Crippen molar-refractivity contribution in [1.29, 1.82) is 0 Å². The van der Waals surface area contributed by atoms with Crippen molar-refractivity contribution in [1.82, 2.24) is 4.72 Å². The summed E-state index contributed by atoms with van der Waals surface area (Å²) in [6.07, 6.45) is 0.0410. The molecular formula is C21H19Cl2N3O5S2. The van der Waals surface area contributed by atoms with Crippen LogP contribution in [0.25, 0.3) is 0 Å². The minimum atomic E-state index is -4.22. The number of rotatable bonds is 8. The minimum Gasteiger partial charge on any atom is -0.325 e. The Bertz CT molecular complexity index is 1360. The molecule has 0 aromatic heterocycles. The monoisotopic (exact) mass is 527 g/mol. The number of benzene rings is 3. The van der Waals surface area contributed by atoms with Crippen molar-refractivity contribution in [2.45, 2.75) is 22.3 Å². The average molecular weight is 528 g/mol. The standard InChI is InChI=1S/C21H19Cl2N3O5S2/c22-15-6-11-18(23)20(13-15)33(30,31)26-19(12-14-4-2-1-3-5-14)21(27)25-16-7-9-17(10-8-16)32(24,28)29/h1-11,13,19,26H,12H2,(H,25,27)(H2,24,28,29)/t19-/m0/s1. The molecule has 0 aliphatic carbocycles. The summed E-state index contributed by atoms with van der Waals surface area (Å²) in [4.78, 5) is 12.6. The highest BCUT2D eigenvalue weighted by Crippen LogP contribution is 2.25. The maximum Gasteiger partial charge on any atom is 0.242 e. The van der Waals surface area contributed by atoms with Gasteiger partial charge in [0.25, 0.3) is 0 Å². The van der Waals surface area contributed by atoms with E-state index in [1.54, 1.807) is 30.3 Å². The normalized spacial score (nSPS) is 12.8. The first-order valence-corrected chi connectivity index (χ1v) is 13.2. The zero-order valence-electron chi connectivity index (χ0n) is 16.9. The van der Waals surface area contributed by atoms with Crippen molar-refractivity contribution >= 4 is 54.8 Å².